The molecular formula is C8H17N. The molecule has 0 saturated carbocycles. The minimum Gasteiger partial charge on any atom is -0.328 e. The molecule has 0 rings (SSSR count). The highest BCUT2D eigenvalue weighted by Crippen LogP contribution is 2.08. The highest BCUT2D eigenvalue weighted by atomic mass is 14.6. The van der Waals surface area contributed by atoms with Crippen LogP contribution in [0.4, 0.5) is 0 Å². The summed E-state index contributed by atoms with van der Waals surface area (Å²) in [5, 5.41) is 0. The summed E-state index contributed by atoms with van der Waals surface area (Å²) in [6.45, 7) is 7.91. The quantitative estimate of drug-likeness (QED) is 0.574. The van der Waals surface area contributed by atoms with Crippen molar-refractivity contribution in [2.24, 2.45) is 11.7 Å². The maximum absolute atomic E-state index is 5.59. The highest BCUT2D eigenvalue weighted by Gasteiger charge is 2.01. The van der Waals surface area contributed by atoms with Crippen molar-refractivity contribution >= 4 is 0 Å². The summed E-state index contributed by atoms with van der Waals surface area (Å²) in [5.74, 6) is 0.697. The predicted octanol–water partition coefficient (Wildman–Crippen LogP) is 1.94. The molecule has 1 heteroatoms. The Kier molecular flexibility index (Phi) is 4.41. The standard InChI is InChI=1S/C8H17N/c1-4-5-7(2)6-8(3)9/h4,7-8H,1,5-6,9H2,2-3H3. The largest absolute Gasteiger partial charge is 0.328 e. The van der Waals surface area contributed by atoms with Gasteiger partial charge in [-0.05, 0) is 25.7 Å². The van der Waals surface area contributed by atoms with Gasteiger partial charge in [-0.25, -0.2) is 0 Å². The molecule has 2 atom stereocenters. The van der Waals surface area contributed by atoms with Crippen LogP contribution in [0.1, 0.15) is 26.7 Å². The highest BCUT2D eigenvalue weighted by molar-refractivity contribution is 4.72. The van der Waals surface area contributed by atoms with Crippen LogP contribution >= 0.6 is 0 Å². The number of allylic oxidation sites excluding steroid dienone is 1. The van der Waals surface area contributed by atoms with Crippen molar-refractivity contribution in [3.05, 3.63) is 12.7 Å². The molecule has 2 N–H and O–H groups in total. The van der Waals surface area contributed by atoms with E-state index >= 15 is 0 Å². The number of hydrogen-bond donors (Lipinski definition) is 1. The molecule has 0 aliphatic rings. The minimum atomic E-state index is 0.333. The van der Waals surface area contributed by atoms with Crippen molar-refractivity contribution in [2.45, 2.75) is 32.7 Å². The molecule has 54 valence electrons. The van der Waals surface area contributed by atoms with Gasteiger partial charge in [0.25, 0.3) is 0 Å². The first-order valence-electron chi connectivity index (χ1n) is 3.53. The Bertz CT molecular complexity index is 76.6. The van der Waals surface area contributed by atoms with Gasteiger partial charge in [-0.3, -0.25) is 0 Å². The number of hydrogen-bond acceptors (Lipinski definition) is 1. The van der Waals surface area contributed by atoms with Gasteiger partial charge < -0.3 is 5.73 Å². The van der Waals surface area contributed by atoms with Gasteiger partial charge in [0.15, 0.2) is 0 Å². The average molecular weight is 127 g/mol. The fourth-order valence-electron chi connectivity index (χ4n) is 1.02. The number of rotatable bonds is 4. The van der Waals surface area contributed by atoms with E-state index in [0.717, 1.165) is 12.8 Å². The SMILES string of the molecule is C=CCC(C)CC(C)N. The van der Waals surface area contributed by atoms with Crippen molar-refractivity contribution in [2.75, 3.05) is 0 Å². The Hall–Kier alpha value is -0.300. The van der Waals surface area contributed by atoms with Crippen molar-refractivity contribution in [3.8, 4) is 0 Å². The van der Waals surface area contributed by atoms with E-state index in [-0.39, 0.29) is 0 Å². The third-order valence-electron chi connectivity index (χ3n) is 1.34. The second-order valence-corrected chi connectivity index (χ2v) is 2.84. The Morgan fingerprint density at radius 2 is 2.11 bits per heavy atom. The van der Waals surface area contributed by atoms with Crippen molar-refractivity contribution in [1.82, 2.24) is 0 Å². The summed E-state index contributed by atoms with van der Waals surface area (Å²) in [4.78, 5) is 0. The van der Waals surface area contributed by atoms with E-state index in [0.29, 0.717) is 12.0 Å². The van der Waals surface area contributed by atoms with E-state index in [4.69, 9.17) is 5.73 Å². The molecule has 2 unspecified atom stereocenters. The van der Waals surface area contributed by atoms with Crippen LogP contribution < -0.4 is 5.73 Å². The van der Waals surface area contributed by atoms with Crippen molar-refractivity contribution in [3.63, 3.8) is 0 Å². The summed E-state index contributed by atoms with van der Waals surface area (Å²) < 4.78 is 0. The summed E-state index contributed by atoms with van der Waals surface area (Å²) in [6.07, 6.45) is 4.14. The van der Waals surface area contributed by atoms with E-state index in [1.165, 1.54) is 0 Å². The van der Waals surface area contributed by atoms with Crippen LogP contribution in [0.25, 0.3) is 0 Å². The third-order valence-corrected chi connectivity index (χ3v) is 1.34. The van der Waals surface area contributed by atoms with Gasteiger partial charge in [0.2, 0.25) is 0 Å². The molecule has 0 radical (unpaired) electrons. The third kappa shape index (κ3) is 5.57. The van der Waals surface area contributed by atoms with Crippen LogP contribution in [-0.4, -0.2) is 6.04 Å². The first kappa shape index (κ1) is 8.70. The van der Waals surface area contributed by atoms with E-state index < -0.39 is 0 Å². The Labute approximate surface area is 57.9 Å². The van der Waals surface area contributed by atoms with Crippen LogP contribution in [0, 0.1) is 5.92 Å². The number of nitrogens with two attached hydrogens (primary N) is 1. The first-order chi connectivity index (χ1) is 4.16. The molecule has 0 heterocycles. The lowest BCUT2D eigenvalue weighted by Gasteiger charge is -2.10. The van der Waals surface area contributed by atoms with Gasteiger partial charge in [0, 0.05) is 6.04 Å². The van der Waals surface area contributed by atoms with E-state index in [2.05, 4.69) is 13.5 Å². The topological polar surface area (TPSA) is 26.0 Å². The van der Waals surface area contributed by atoms with Crippen LogP contribution in [-0.2, 0) is 0 Å². The molecule has 0 bridgehead atoms. The molecule has 0 saturated heterocycles. The monoisotopic (exact) mass is 127 g/mol. The fraction of sp³-hybridized carbons (Fsp3) is 0.750. The smallest absolute Gasteiger partial charge is 0.00131 e. The lowest BCUT2D eigenvalue weighted by Crippen LogP contribution is -2.17. The first-order valence-corrected chi connectivity index (χ1v) is 3.53. The molecule has 9 heavy (non-hydrogen) atoms. The van der Waals surface area contributed by atoms with Gasteiger partial charge in [-0.15, -0.1) is 6.58 Å². The lowest BCUT2D eigenvalue weighted by atomic mass is 10.0. The molecule has 0 aliphatic carbocycles. The van der Waals surface area contributed by atoms with Gasteiger partial charge in [0.05, 0.1) is 0 Å². The zero-order chi connectivity index (χ0) is 7.28. The zero-order valence-electron chi connectivity index (χ0n) is 6.43. The van der Waals surface area contributed by atoms with Crippen LogP contribution in [0.15, 0.2) is 12.7 Å². The second-order valence-electron chi connectivity index (χ2n) is 2.84. The van der Waals surface area contributed by atoms with Crippen molar-refractivity contribution < 1.29 is 0 Å². The molecular weight excluding hydrogens is 110 g/mol. The Morgan fingerprint density at radius 3 is 2.44 bits per heavy atom. The fourth-order valence-corrected chi connectivity index (χ4v) is 1.02. The van der Waals surface area contributed by atoms with Crippen molar-refractivity contribution in [1.29, 1.82) is 0 Å². The van der Waals surface area contributed by atoms with Gasteiger partial charge in [-0.2, -0.15) is 0 Å². The predicted molar refractivity (Wildman–Crippen MR) is 42.2 cm³/mol. The molecule has 1 nitrogen and oxygen atoms in total. The van der Waals surface area contributed by atoms with Gasteiger partial charge >= 0.3 is 0 Å². The maximum Gasteiger partial charge on any atom is 0.00131 e. The minimum absolute atomic E-state index is 0.333. The molecule has 0 aromatic heterocycles. The van der Waals surface area contributed by atoms with Gasteiger partial charge in [-0.1, -0.05) is 13.0 Å². The molecule has 0 spiro atoms. The summed E-state index contributed by atoms with van der Waals surface area (Å²) in [6, 6.07) is 0.333. The summed E-state index contributed by atoms with van der Waals surface area (Å²) in [7, 11) is 0. The Morgan fingerprint density at radius 1 is 1.56 bits per heavy atom. The van der Waals surface area contributed by atoms with Crippen LogP contribution in [0.3, 0.4) is 0 Å². The molecule has 0 fully saturated rings. The Balaban J connectivity index is 3.25. The molecule has 0 aromatic rings. The molecule has 0 amide bonds. The lowest BCUT2D eigenvalue weighted by molar-refractivity contribution is 0.487. The van der Waals surface area contributed by atoms with E-state index in [1.807, 2.05) is 13.0 Å². The summed E-state index contributed by atoms with van der Waals surface area (Å²) in [5.41, 5.74) is 5.59. The maximum atomic E-state index is 5.59. The average Bonchev–Trinajstić information content (AvgIpc) is 1.63. The van der Waals surface area contributed by atoms with E-state index in [1.54, 1.807) is 0 Å². The van der Waals surface area contributed by atoms with Crippen LogP contribution in [0.2, 0.25) is 0 Å². The molecule has 0 aromatic carbocycles. The van der Waals surface area contributed by atoms with Gasteiger partial charge in [0.1, 0.15) is 0 Å². The normalized spacial score (nSPS) is 16.8. The second kappa shape index (κ2) is 4.57. The summed E-state index contributed by atoms with van der Waals surface area (Å²) >= 11 is 0. The molecule has 0 aliphatic heterocycles. The van der Waals surface area contributed by atoms with E-state index in [9.17, 15) is 0 Å². The zero-order valence-corrected chi connectivity index (χ0v) is 6.43. The van der Waals surface area contributed by atoms with Crippen LogP contribution in [0.5, 0.6) is 0 Å².